The van der Waals surface area contributed by atoms with Gasteiger partial charge in [0.15, 0.2) is 0 Å². The average molecular weight is 453 g/mol. The van der Waals surface area contributed by atoms with E-state index in [1.54, 1.807) is 16.7 Å². The van der Waals surface area contributed by atoms with Crippen LogP contribution in [0, 0.1) is 6.92 Å². The third-order valence-corrected chi connectivity index (χ3v) is 7.11. The second kappa shape index (κ2) is 12.7. The number of benzene rings is 2. The summed E-state index contributed by atoms with van der Waals surface area (Å²) in [6, 6.07) is 18.2. The number of rotatable bonds is 10. The van der Waals surface area contributed by atoms with Crippen molar-refractivity contribution >= 4 is 23.6 Å². The van der Waals surface area contributed by atoms with E-state index in [0.29, 0.717) is 25.1 Å². The SMILES string of the molecule is CC[C@@H](C(=O)NC1CCCCC1)N(Cc1cccc(C)c1)C(=O)CCSc1ccccc1. The van der Waals surface area contributed by atoms with E-state index in [4.69, 9.17) is 0 Å². The lowest BCUT2D eigenvalue weighted by Gasteiger charge is -2.33. The molecule has 1 aliphatic rings. The number of thioether (sulfide) groups is 1. The molecule has 0 bridgehead atoms. The van der Waals surface area contributed by atoms with Crippen molar-refractivity contribution in [2.45, 2.75) is 82.3 Å². The smallest absolute Gasteiger partial charge is 0.243 e. The van der Waals surface area contributed by atoms with Gasteiger partial charge in [0.1, 0.15) is 6.04 Å². The highest BCUT2D eigenvalue weighted by molar-refractivity contribution is 7.99. The van der Waals surface area contributed by atoms with Crippen molar-refractivity contribution in [2.24, 2.45) is 0 Å². The lowest BCUT2D eigenvalue weighted by molar-refractivity contribution is -0.141. The van der Waals surface area contributed by atoms with E-state index in [9.17, 15) is 9.59 Å². The molecule has 0 aromatic heterocycles. The molecule has 1 aliphatic carbocycles. The lowest BCUT2D eigenvalue weighted by atomic mass is 9.95. The van der Waals surface area contributed by atoms with Gasteiger partial charge in [-0.3, -0.25) is 9.59 Å². The Morgan fingerprint density at radius 1 is 1.06 bits per heavy atom. The van der Waals surface area contributed by atoms with Crippen molar-refractivity contribution in [1.29, 1.82) is 0 Å². The number of hydrogen-bond acceptors (Lipinski definition) is 3. The molecule has 0 saturated heterocycles. The van der Waals surface area contributed by atoms with E-state index >= 15 is 0 Å². The van der Waals surface area contributed by atoms with Crippen molar-refractivity contribution in [3.8, 4) is 0 Å². The predicted octanol–water partition coefficient (Wildman–Crippen LogP) is 5.73. The third kappa shape index (κ3) is 7.40. The molecule has 2 aromatic carbocycles. The van der Waals surface area contributed by atoms with Crippen molar-refractivity contribution in [3.05, 3.63) is 65.7 Å². The third-order valence-electron chi connectivity index (χ3n) is 6.10. The molecular weight excluding hydrogens is 416 g/mol. The molecule has 4 nitrogen and oxygen atoms in total. The fraction of sp³-hybridized carbons (Fsp3) is 0.481. The van der Waals surface area contributed by atoms with Gasteiger partial charge in [0, 0.05) is 29.7 Å². The van der Waals surface area contributed by atoms with E-state index < -0.39 is 6.04 Å². The Labute approximate surface area is 197 Å². The van der Waals surface area contributed by atoms with E-state index in [1.165, 1.54) is 19.3 Å². The van der Waals surface area contributed by atoms with Gasteiger partial charge in [-0.25, -0.2) is 0 Å². The van der Waals surface area contributed by atoms with Crippen LogP contribution in [0.25, 0.3) is 0 Å². The quantitative estimate of drug-likeness (QED) is 0.468. The molecule has 0 spiro atoms. The minimum atomic E-state index is -0.438. The van der Waals surface area contributed by atoms with Crippen molar-refractivity contribution < 1.29 is 9.59 Å². The standard InChI is InChI=1S/C27H36N2O2S/c1-3-25(27(31)28-23-13-6-4-7-14-23)29(20-22-12-10-11-21(2)19-22)26(30)17-18-32-24-15-8-5-9-16-24/h5,8-12,15-16,19,23,25H,3-4,6-7,13-14,17-18,20H2,1-2H3,(H,28,31)/t25-/m0/s1. The van der Waals surface area contributed by atoms with E-state index in [-0.39, 0.29) is 17.9 Å². The molecular formula is C27H36N2O2S. The van der Waals surface area contributed by atoms with Crippen LogP contribution in [-0.4, -0.2) is 34.6 Å². The van der Waals surface area contributed by atoms with Gasteiger partial charge < -0.3 is 10.2 Å². The summed E-state index contributed by atoms with van der Waals surface area (Å²) in [4.78, 5) is 29.5. The van der Waals surface area contributed by atoms with Crippen LogP contribution in [0.5, 0.6) is 0 Å². The number of nitrogens with zero attached hydrogens (tertiary/aromatic N) is 1. The van der Waals surface area contributed by atoms with Crippen LogP contribution in [0.15, 0.2) is 59.5 Å². The van der Waals surface area contributed by atoms with Crippen molar-refractivity contribution in [1.82, 2.24) is 10.2 Å². The van der Waals surface area contributed by atoms with Gasteiger partial charge in [-0.2, -0.15) is 0 Å². The minimum Gasteiger partial charge on any atom is -0.352 e. The second-order valence-electron chi connectivity index (χ2n) is 8.69. The van der Waals surface area contributed by atoms with Crippen molar-refractivity contribution in [3.63, 3.8) is 0 Å². The van der Waals surface area contributed by atoms with Crippen LogP contribution >= 0.6 is 11.8 Å². The zero-order valence-electron chi connectivity index (χ0n) is 19.4. The molecule has 1 fully saturated rings. The molecule has 1 saturated carbocycles. The monoisotopic (exact) mass is 452 g/mol. The Morgan fingerprint density at radius 2 is 1.81 bits per heavy atom. The van der Waals surface area contributed by atoms with Crippen LogP contribution < -0.4 is 5.32 Å². The largest absolute Gasteiger partial charge is 0.352 e. The first kappa shape index (κ1) is 24.4. The molecule has 0 heterocycles. The molecule has 0 radical (unpaired) electrons. The molecule has 2 amide bonds. The number of aryl methyl sites for hydroxylation is 1. The fourth-order valence-corrected chi connectivity index (χ4v) is 5.25. The number of amides is 2. The highest BCUT2D eigenvalue weighted by Gasteiger charge is 2.30. The number of hydrogen-bond donors (Lipinski definition) is 1. The zero-order chi connectivity index (χ0) is 22.8. The Kier molecular flexibility index (Phi) is 9.66. The summed E-state index contributed by atoms with van der Waals surface area (Å²) < 4.78 is 0. The molecule has 2 aromatic rings. The fourth-order valence-electron chi connectivity index (χ4n) is 4.39. The summed E-state index contributed by atoms with van der Waals surface area (Å²) >= 11 is 1.68. The maximum Gasteiger partial charge on any atom is 0.243 e. The van der Waals surface area contributed by atoms with Crippen LogP contribution in [0.2, 0.25) is 0 Å². The number of carbonyl (C=O) groups excluding carboxylic acids is 2. The van der Waals surface area contributed by atoms with Gasteiger partial charge in [0.25, 0.3) is 0 Å². The Bertz CT molecular complexity index is 865. The lowest BCUT2D eigenvalue weighted by Crippen LogP contribution is -2.51. The van der Waals surface area contributed by atoms with E-state index in [0.717, 1.165) is 28.9 Å². The Hall–Kier alpha value is -2.27. The maximum atomic E-state index is 13.4. The van der Waals surface area contributed by atoms with Gasteiger partial charge >= 0.3 is 0 Å². The van der Waals surface area contributed by atoms with E-state index in [1.807, 2.05) is 37.3 Å². The first-order chi connectivity index (χ1) is 15.6. The summed E-state index contributed by atoms with van der Waals surface area (Å²) in [5.41, 5.74) is 2.23. The predicted molar refractivity (Wildman–Crippen MR) is 133 cm³/mol. The summed E-state index contributed by atoms with van der Waals surface area (Å²) in [5.74, 6) is 0.741. The number of carbonyl (C=O) groups is 2. The van der Waals surface area contributed by atoms with Crippen molar-refractivity contribution in [2.75, 3.05) is 5.75 Å². The first-order valence-electron chi connectivity index (χ1n) is 11.9. The van der Waals surface area contributed by atoms with Gasteiger partial charge in [-0.15, -0.1) is 11.8 Å². The summed E-state index contributed by atoms with van der Waals surface area (Å²) in [5, 5.41) is 3.25. The second-order valence-corrected chi connectivity index (χ2v) is 9.86. The molecule has 0 unspecified atom stereocenters. The van der Waals surface area contributed by atoms with Crippen LogP contribution in [0.4, 0.5) is 0 Å². The molecule has 172 valence electrons. The Morgan fingerprint density at radius 3 is 2.50 bits per heavy atom. The molecule has 3 rings (SSSR count). The highest BCUT2D eigenvalue weighted by Crippen LogP contribution is 2.21. The van der Waals surface area contributed by atoms with Crippen LogP contribution in [0.1, 0.15) is 63.0 Å². The zero-order valence-corrected chi connectivity index (χ0v) is 20.2. The summed E-state index contributed by atoms with van der Waals surface area (Å²) in [7, 11) is 0. The van der Waals surface area contributed by atoms with E-state index in [2.05, 4.69) is 36.5 Å². The van der Waals surface area contributed by atoms with Gasteiger partial charge in [-0.05, 0) is 43.9 Å². The Balaban J connectivity index is 1.70. The normalized spacial score (nSPS) is 15.2. The van der Waals surface area contributed by atoms with Gasteiger partial charge in [0.05, 0.1) is 0 Å². The topological polar surface area (TPSA) is 49.4 Å². The first-order valence-corrected chi connectivity index (χ1v) is 12.9. The molecule has 0 aliphatic heterocycles. The number of nitrogens with one attached hydrogen (secondary N) is 1. The van der Waals surface area contributed by atoms with Crippen LogP contribution in [-0.2, 0) is 16.1 Å². The maximum absolute atomic E-state index is 13.4. The van der Waals surface area contributed by atoms with Gasteiger partial charge in [-0.1, -0.05) is 74.2 Å². The molecule has 1 atom stereocenters. The molecule has 5 heteroatoms. The summed E-state index contributed by atoms with van der Waals surface area (Å²) in [6.45, 7) is 4.52. The highest BCUT2D eigenvalue weighted by atomic mass is 32.2. The average Bonchev–Trinajstić information content (AvgIpc) is 2.80. The van der Waals surface area contributed by atoms with Crippen LogP contribution in [0.3, 0.4) is 0 Å². The summed E-state index contributed by atoms with van der Waals surface area (Å²) in [6.07, 6.45) is 6.71. The molecule has 32 heavy (non-hydrogen) atoms. The van der Waals surface area contributed by atoms with Gasteiger partial charge in [0.2, 0.25) is 11.8 Å². The molecule has 1 N–H and O–H groups in total. The minimum absolute atomic E-state index is 0.00360.